The van der Waals surface area contributed by atoms with Crippen LogP contribution in [0.4, 0.5) is 8.78 Å². The predicted molar refractivity (Wildman–Crippen MR) is 178 cm³/mol. The average molecular weight is 679 g/mol. The smallest absolute Gasteiger partial charge is 0.321 e. The number of carbonyl (C=O) groups excluding carboxylic acids is 1. The minimum absolute atomic E-state index is 0.0805. The molecule has 1 amide bonds. The van der Waals surface area contributed by atoms with Gasteiger partial charge in [0.05, 0.1) is 11.1 Å². The summed E-state index contributed by atoms with van der Waals surface area (Å²) in [5, 5.41) is 23.0. The Balaban J connectivity index is 1.42. The molecule has 0 saturated carbocycles. The summed E-state index contributed by atoms with van der Waals surface area (Å²) in [5.41, 5.74) is 5.96. The molecule has 0 aromatic heterocycles. The fraction of sp³-hybridized carbons (Fsp3) is 0.297. The minimum atomic E-state index is -1.06. The number of nitrogens with one attached hydrogen (secondary N) is 1. The van der Waals surface area contributed by atoms with Crippen molar-refractivity contribution in [2.24, 2.45) is 0 Å². The van der Waals surface area contributed by atoms with Crippen LogP contribution in [-0.2, 0) is 24.6 Å². The number of nitrogens with zero attached hydrogens (tertiary/aromatic N) is 1. The highest BCUT2D eigenvalue weighted by molar-refractivity contribution is 6.32. The van der Waals surface area contributed by atoms with E-state index in [9.17, 15) is 28.6 Å². The Bertz CT molecular complexity index is 1810. The Morgan fingerprint density at radius 3 is 2.27 bits per heavy atom. The Labute approximate surface area is 282 Å². The summed E-state index contributed by atoms with van der Waals surface area (Å²) in [4.78, 5) is 26.1. The van der Waals surface area contributed by atoms with Gasteiger partial charge in [0.2, 0.25) is 0 Å². The molecule has 0 aliphatic carbocycles. The molecule has 2 unspecified atom stereocenters. The SMILES string of the molecule is CCNC(=O)c1cccc(-c2cccc(COc3cc(OCc4cc(F)cc(F)c4)c(CN4CC(O)CC4C(=O)O)cc3Cl)c2C)c1C. The molecular weight excluding hydrogens is 642 g/mol. The molecule has 1 aliphatic heterocycles. The van der Waals surface area contributed by atoms with E-state index in [4.69, 9.17) is 21.1 Å². The third kappa shape index (κ3) is 7.95. The maximum Gasteiger partial charge on any atom is 0.321 e. The molecule has 11 heteroatoms. The van der Waals surface area contributed by atoms with Crippen molar-refractivity contribution in [2.45, 2.75) is 59.1 Å². The van der Waals surface area contributed by atoms with Gasteiger partial charge in [0, 0.05) is 49.3 Å². The zero-order valence-electron chi connectivity index (χ0n) is 26.9. The topological polar surface area (TPSA) is 108 Å². The number of aliphatic carboxylic acids is 1. The van der Waals surface area contributed by atoms with E-state index in [-0.39, 0.29) is 60.7 Å². The van der Waals surface area contributed by atoms with E-state index in [0.717, 1.165) is 46.0 Å². The van der Waals surface area contributed by atoms with E-state index >= 15 is 0 Å². The number of amides is 1. The number of likely N-dealkylation sites (tertiary alicyclic amines) is 1. The van der Waals surface area contributed by atoms with Gasteiger partial charge in [0.25, 0.3) is 5.91 Å². The Morgan fingerprint density at radius 2 is 1.58 bits per heavy atom. The van der Waals surface area contributed by atoms with Gasteiger partial charge in [-0.05, 0) is 78.4 Å². The second kappa shape index (κ2) is 15.1. The lowest BCUT2D eigenvalue weighted by atomic mass is 9.91. The zero-order valence-corrected chi connectivity index (χ0v) is 27.6. The predicted octanol–water partition coefficient (Wildman–Crippen LogP) is 6.83. The molecule has 8 nitrogen and oxygen atoms in total. The van der Waals surface area contributed by atoms with Crippen molar-refractivity contribution in [2.75, 3.05) is 13.1 Å². The number of rotatable bonds is 12. The van der Waals surface area contributed by atoms with E-state index < -0.39 is 29.7 Å². The number of hydrogen-bond acceptors (Lipinski definition) is 6. The van der Waals surface area contributed by atoms with Crippen LogP contribution in [0, 0.1) is 25.5 Å². The maximum absolute atomic E-state index is 13.9. The van der Waals surface area contributed by atoms with Crippen LogP contribution in [-0.4, -0.2) is 52.2 Å². The maximum atomic E-state index is 13.9. The largest absolute Gasteiger partial charge is 0.488 e. The van der Waals surface area contributed by atoms with Gasteiger partial charge in [0.1, 0.15) is 42.4 Å². The fourth-order valence-electron chi connectivity index (χ4n) is 6.05. The molecular formula is C37H37ClF2N2O6. The van der Waals surface area contributed by atoms with Gasteiger partial charge in [-0.2, -0.15) is 0 Å². The number of carboxylic acid groups (broad SMARTS) is 1. The zero-order chi connectivity index (χ0) is 34.5. The Morgan fingerprint density at radius 1 is 0.917 bits per heavy atom. The highest BCUT2D eigenvalue weighted by Crippen LogP contribution is 2.37. The highest BCUT2D eigenvalue weighted by atomic mass is 35.5. The summed E-state index contributed by atoms with van der Waals surface area (Å²) in [6, 6.07) is 16.9. The van der Waals surface area contributed by atoms with Crippen LogP contribution in [0.15, 0.2) is 66.7 Å². The number of hydrogen-bond donors (Lipinski definition) is 3. The number of halogens is 3. The third-order valence-electron chi connectivity index (χ3n) is 8.51. The van der Waals surface area contributed by atoms with Gasteiger partial charge >= 0.3 is 5.97 Å². The lowest BCUT2D eigenvalue weighted by Crippen LogP contribution is -2.35. The molecule has 1 aliphatic rings. The molecule has 0 spiro atoms. The van der Waals surface area contributed by atoms with Crippen molar-refractivity contribution in [1.82, 2.24) is 10.2 Å². The van der Waals surface area contributed by atoms with Crippen molar-refractivity contribution in [3.63, 3.8) is 0 Å². The number of carboxylic acids is 1. The molecule has 1 saturated heterocycles. The van der Waals surface area contributed by atoms with Gasteiger partial charge in [-0.1, -0.05) is 41.9 Å². The molecule has 0 bridgehead atoms. The monoisotopic (exact) mass is 678 g/mol. The van der Waals surface area contributed by atoms with Crippen molar-refractivity contribution in [3.8, 4) is 22.6 Å². The number of aliphatic hydroxyl groups excluding tert-OH is 1. The quantitative estimate of drug-likeness (QED) is 0.151. The van der Waals surface area contributed by atoms with Gasteiger partial charge < -0.3 is 25.0 Å². The molecule has 5 rings (SSSR count). The van der Waals surface area contributed by atoms with Crippen LogP contribution in [0.3, 0.4) is 0 Å². The summed E-state index contributed by atoms with van der Waals surface area (Å²) in [6.45, 7) is 6.50. The lowest BCUT2D eigenvalue weighted by molar-refractivity contribution is -0.142. The van der Waals surface area contributed by atoms with E-state index in [1.165, 1.54) is 0 Å². The van der Waals surface area contributed by atoms with Crippen LogP contribution in [0.25, 0.3) is 11.1 Å². The molecule has 2 atom stereocenters. The summed E-state index contributed by atoms with van der Waals surface area (Å²) >= 11 is 6.70. The standard InChI is InChI=1S/C37H37ClF2N2O6/c1-4-41-36(44)31-10-6-9-30(22(31)3)29-8-5-7-24(21(29)2)20-48-35-16-34(47-19-23-11-26(39)14-27(40)12-23)25(13-32(35)38)17-42-18-28(43)15-33(42)37(45)46/h5-14,16,28,33,43H,4,15,17-20H2,1-3H3,(H,41,44)(H,45,46). The number of aliphatic hydroxyl groups is 1. The average Bonchev–Trinajstić information content (AvgIpc) is 3.40. The third-order valence-corrected chi connectivity index (χ3v) is 8.80. The first kappa shape index (κ1) is 34.8. The molecule has 4 aromatic rings. The minimum Gasteiger partial charge on any atom is -0.488 e. The van der Waals surface area contributed by atoms with Crippen molar-refractivity contribution < 1.29 is 38.1 Å². The lowest BCUT2D eigenvalue weighted by Gasteiger charge is -2.23. The van der Waals surface area contributed by atoms with Crippen LogP contribution in [0.5, 0.6) is 11.5 Å². The van der Waals surface area contributed by atoms with Gasteiger partial charge in [-0.15, -0.1) is 0 Å². The molecule has 4 aromatic carbocycles. The van der Waals surface area contributed by atoms with E-state index in [1.807, 2.05) is 51.1 Å². The summed E-state index contributed by atoms with van der Waals surface area (Å²) in [6.07, 6.45) is -0.723. The number of benzene rings is 4. The molecule has 1 heterocycles. The van der Waals surface area contributed by atoms with E-state index in [2.05, 4.69) is 5.32 Å². The molecule has 48 heavy (non-hydrogen) atoms. The van der Waals surface area contributed by atoms with Crippen LogP contribution >= 0.6 is 11.6 Å². The second-order valence-electron chi connectivity index (χ2n) is 11.8. The molecule has 1 fully saturated rings. The molecule has 252 valence electrons. The van der Waals surface area contributed by atoms with Gasteiger partial charge in [0.15, 0.2) is 0 Å². The Kier molecular flexibility index (Phi) is 11.0. The summed E-state index contributed by atoms with van der Waals surface area (Å²) < 4.78 is 40.0. The molecule has 0 radical (unpaired) electrons. The number of carbonyl (C=O) groups is 2. The van der Waals surface area contributed by atoms with Crippen LogP contribution in [0.2, 0.25) is 5.02 Å². The second-order valence-corrected chi connectivity index (χ2v) is 12.3. The van der Waals surface area contributed by atoms with Crippen LogP contribution in [0.1, 0.15) is 51.5 Å². The highest BCUT2D eigenvalue weighted by Gasteiger charge is 2.36. The van der Waals surface area contributed by atoms with Crippen molar-refractivity contribution in [1.29, 1.82) is 0 Å². The van der Waals surface area contributed by atoms with Crippen LogP contribution < -0.4 is 14.8 Å². The summed E-state index contributed by atoms with van der Waals surface area (Å²) in [5.74, 6) is -2.10. The van der Waals surface area contributed by atoms with E-state index in [1.54, 1.807) is 23.1 Å². The van der Waals surface area contributed by atoms with Gasteiger partial charge in [-0.3, -0.25) is 14.5 Å². The van der Waals surface area contributed by atoms with Crippen molar-refractivity contribution in [3.05, 3.63) is 117 Å². The van der Waals surface area contributed by atoms with Gasteiger partial charge in [-0.25, -0.2) is 8.78 Å². The number of β-amino-alcohol motifs (C(OH)–C–C–N with tert-alkyl or cyclic N) is 1. The number of ether oxygens (including phenoxy) is 2. The Hall–Kier alpha value is -4.51. The van der Waals surface area contributed by atoms with Crippen molar-refractivity contribution >= 4 is 23.5 Å². The fourth-order valence-corrected chi connectivity index (χ4v) is 6.29. The first-order valence-corrected chi connectivity index (χ1v) is 16.0. The van der Waals surface area contributed by atoms with E-state index in [0.29, 0.717) is 17.7 Å². The molecule has 3 N–H and O–H groups in total. The first-order chi connectivity index (χ1) is 22.9. The first-order valence-electron chi connectivity index (χ1n) is 15.6. The summed E-state index contributed by atoms with van der Waals surface area (Å²) in [7, 11) is 0. The normalized spacial score (nSPS) is 16.1.